The van der Waals surface area contributed by atoms with Crippen molar-refractivity contribution in [3.05, 3.63) is 24.3 Å². The molecular weight excluding hydrogens is 336 g/mol. The highest BCUT2D eigenvalue weighted by Gasteiger charge is 2.30. The summed E-state index contributed by atoms with van der Waals surface area (Å²) in [5.41, 5.74) is 0. The van der Waals surface area contributed by atoms with Crippen molar-refractivity contribution in [2.45, 2.75) is 12.8 Å². The number of ether oxygens (including phenoxy) is 3. The van der Waals surface area contributed by atoms with E-state index >= 15 is 0 Å². The first-order chi connectivity index (χ1) is 12.7. The lowest BCUT2D eigenvalue weighted by Crippen LogP contribution is -2.48. The molecule has 2 saturated heterocycles. The number of piperidine rings is 1. The largest absolute Gasteiger partial charge is 0.493 e. The number of carbonyl (C=O) groups excluding carboxylic acids is 2. The van der Waals surface area contributed by atoms with Crippen LogP contribution in [0.4, 0.5) is 0 Å². The van der Waals surface area contributed by atoms with Crippen molar-refractivity contribution in [2.24, 2.45) is 5.92 Å². The molecule has 1 aromatic carbocycles. The average Bonchev–Trinajstić information content (AvgIpc) is 2.72. The summed E-state index contributed by atoms with van der Waals surface area (Å²) in [6.45, 7) is 3.73. The fraction of sp³-hybridized carbons (Fsp3) is 0.579. The maximum atomic E-state index is 12.5. The van der Waals surface area contributed by atoms with Crippen LogP contribution in [0.5, 0.6) is 11.5 Å². The van der Waals surface area contributed by atoms with E-state index in [2.05, 4.69) is 0 Å². The van der Waals surface area contributed by atoms with Crippen molar-refractivity contribution in [3.63, 3.8) is 0 Å². The van der Waals surface area contributed by atoms with Gasteiger partial charge < -0.3 is 24.0 Å². The topological polar surface area (TPSA) is 68.3 Å². The van der Waals surface area contributed by atoms with Gasteiger partial charge in [0.1, 0.15) is 0 Å². The van der Waals surface area contributed by atoms with E-state index in [1.165, 1.54) is 0 Å². The summed E-state index contributed by atoms with van der Waals surface area (Å²) in [6.07, 6.45) is 1.41. The van der Waals surface area contributed by atoms with E-state index in [9.17, 15) is 9.59 Å². The molecule has 3 rings (SSSR count). The third kappa shape index (κ3) is 4.46. The van der Waals surface area contributed by atoms with Crippen molar-refractivity contribution in [1.82, 2.24) is 9.80 Å². The van der Waals surface area contributed by atoms with Gasteiger partial charge in [-0.05, 0) is 25.0 Å². The van der Waals surface area contributed by atoms with E-state index in [4.69, 9.17) is 14.2 Å². The Kier molecular flexibility index (Phi) is 6.33. The first kappa shape index (κ1) is 18.5. The van der Waals surface area contributed by atoms with Crippen LogP contribution in [0.1, 0.15) is 12.8 Å². The lowest BCUT2D eigenvalue weighted by Gasteiger charge is -2.35. The van der Waals surface area contributed by atoms with Crippen LogP contribution < -0.4 is 9.47 Å². The molecule has 0 spiro atoms. The van der Waals surface area contributed by atoms with Crippen LogP contribution in [-0.4, -0.2) is 74.7 Å². The normalized spacial score (nSPS) is 18.5. The minimum atomic E-state index is -0.0619. The van der Waals surface area contributed by atoms with Crippen molar-refractivity contribution < 1.29 is 23.8 Å². The molecule has 0 aromatic heterocycles. The molecular formula is C19H26N2O5. The van der Waals surface area contributed by atoms with Crippen LogP contribution in [0, 0.1) is 5.92 Å². The molecule has 7 heteroatoms. The van der Waals surface area contributed by atoms with Crippen LogP contribution in [-0.2, 0) is 14.3 Å². The van der Waals surface area contributed by atoms with Gasteiger partial charge in [-0.3, -0.25) is 9.59 Å². The summed E-state index contributed by atoms with van der Waals surface area (Å²) in [5.74, 6) is 1.31. The Morgan fingerprint density at radius 2 is 1.69 bits per heavy atom. The van der Waals surface area contributed by atoms with Gasteiger partial charge in [-0.2, -0.15) is 0 Å². The number of amides is 2. The zero-order chi connectivity index (χ0) is 18.4. The molecule has 142 valence electrons. The summed E-state index contributed by atoms with van der Waals surface area (Å²) < 4.78 is 16.1. The Balaban J connectivity index is 1.45. The van der Waals surface area contributed by atoms with Crippen LogP contribution in [0.2, 0.25) is 0 Å². The summed E-state index contributed by atoms with van der Waals surface area (Å²) in [7, 11) is 1.57. The second kappa shape index (κ2) is 8.89. The second-order valence-corrected chi connectivity index (χ2v) is 6.53. The smallest absolute Gasteiger partial charge is 0.260 e. The third-order valence-corrected chi connectivity index (χ3v) is 4.94. The summed E-state index contributed by atoms with van der Waals surface area (Å²) in [5, 5.41) is 0. The quantitative estimate of drug-likeness (QED) is 0.787. The summed E-state index contributed by atoms with van der Waals surface area (Å²) in [6, 6.07) is 7.26. The molecule has 0 radical (unpaired) electrons. The van der Waals surface area contributed by atoms with Gasteiger partial charge in [0.15, 0.2) is 18.1 Å². The Bertz CT molecular complexity index is 622. The standard InChI is InChI=1S/C19H26N2O5/c1-24-16-4-2-3-5-17(16)26-14-18(22)20-8-6-15(7-9-20)19(23)21-10-12-25-13-11-21/h2-5,15H,6-14H2,1H3. The summed E-state index contributed by atoms with van der Waals surface area (Å²) >= 11 is 0. The molecule has 0 unspecified atom stereocenters. The lowest BCUT2D eigenvalue weighted by molar-refractivity contribution is -0.144. The highest BCUT2D eigenvalue weighted by molar-refractivity contribution is 5.80. The number of morpholine rings is 1. The van der Waals surface area contributed by atoms with Gasteiger partial charge in [0, 0.05) is 32.1 Å². The molecule has 2 aliphatic rings. The van der Waals surface area contributed by atoms with Crippen molar-refractivity contribution >= 4 is 11.8 Å². The van der Waals surface area contributed by atoms with Crippen LogP contribution in [0.25, 0.3) is 0 Å². The molecule has 0 N–H and O–H groups in total. The fourth-order valence-electron chi connectivity index (χ4n) is 3.39. The predicted octanol–water partition coefficient (Wildman–Crippen LogP) is 1.17. The van der Waals surface area contributed by atoms with Gasteiger partial charge in [0.2, 0.25) is 5.91 Å². The second-order valence-electron chi connectivity index (χ2n) is 6.53. The number of para-hydroxylation sites is 2. The minimum absolute atomic E-state index is 0.00675. The summed E-state index contributed by atoms with van der Waals surface area (Å²) in [4.78, 5) is 28.6. The number of hydrogen-bond acceptors (Lipinski definition) is 5. The van der Waals surface area contributed by atoms with Gasteiger partial charge in [0.25, 0.3) is 5.91 Å². The van der Waals surface area contributed by atoms with Crippen molar-refractivity contribution in [1.29, 1.82) is 0 Å². The van der Waals surface area contributed by atoms with Gasteiger partial charge in [-0.1, -0.05) is 12.1 Å². The zero-order valence-corrected chi connectivity index (χ0v) is 15.2. The highest BCUT2D eigenvalue weighted by Crippen LogP contribution is 2.26. The maximum Gasteiger partial charge on any atom is 0.260 e. The van der Waals surface area contributed by atoms with E-state index in [-0.39, 0.29) is 24.3 Å². The molecule has 1 aromatic rings. The molecule has 0 atom stereocenters. The molecule has 26 heavy (non-hydrogen) atoms. The molecule has 2 heterocycles. The van der Waals surface area contributed by atoms with E-state index in [1.54, 1.807) is 24.1 Å². The van der Waals surface area contributed by atoms with Crippen molar-refractivity contribution in [3.8, 4) is 11.5 Å². The van der Waals surface area contributed by atoms with Gasteiger partial charge in [0.05, 0.1) is 20.3 Å². The van der Waals surface area contributed by atoms with E-state index in [0.717, 1.165) is 0 Å². The SMILES string of the molecule is COc1ccccc1OCC(=O)N1CCC(C(=O)N2CCOCC2)CC1. The Morgan fingerprint density at radius 1 is 1.04 bits per heavy atom. The third-order valence-electron chi connectivity index (χ3n) is 4.94. The van der Waals surface area contributed by atoms with E-state index in [0.29, 0.717) is 63.7 Å². The zero-order valence-electron chi connectivity index (χ0n) is 15.2. The van der Waals surface area contributed by atoms with Crippen LogP contribution in [0.3, 0.4) is 0 Å². The minimum Gasteiger partial charge on any atom is -0.493 e. The van der Waals surface area contributed by atoms with E-state index in [1.807, 2.05) is 17.0 Å². The Morgan fingerprint density at radius 3 is 2.35 bits per heavy atom. The molecule has 2 fully saturated rings. The number of benzene rings is 1. The first-order valence-electron chi connectivity index (χ1n) is 9.09. The first-order valence-corrected chi connectivity index (χ1v) is 9.09. The number of likely N-dealkylation sites (tertiary alicyclic amines) is 1. The lowest BCUT2D eigenvalue weighted by atomic mass is 9.95. The number of nitrogens with zero attached hydrogens (tertiary/aromatic N) is 2. The predicted molar refractivity (Wildman–Crippen MR) is 95.2 cm³/mol. The highest BCUT2D eigenvalue weighted by atomic mass is 16.5. The molecule has 0 bridgehead atoms. The van der Waals surface area contributed by atoms with E-state index < -0.39 is 0 Å². The Hall–Kier alpha value is -2.28. The fourth-order valence-corrected chi connectivity index (χ4v) is 3.39. The number of hydrogen-bond donors (Lipinski definition) is 0. The number of carbonyl (C=O) groups is 2. The van der Waals surface area contributed by atoms with Crippen molar-refractivity contribution in [2.75, 3.05) is 53.1 Å². The molecule has 0 aliphatic carbocycles. The van der Waals surface area contributed by atoms with Gasteiger partial charge >= 0.3 is 0 Å². The Labute approximate surface area is 153 Å². The monoisotopic (exact) mass is 362 g/mol. The van der Waals surface area contributed by atoms with Gasteiger partial charge in [-0.25, -0.2) is 0 Å². The molecule has 0 saturated carbocycles. The maximum absolute atomic E-state index is 12.5. The molecule has 2 amide bonds. The molecule has 2 aliphatic heterocycles. The van der Waals surface area contributed by atoms with Gasteiger partial charge in [-0.15, -0.1) is 0 Å². The number of rotatable bonds is 5. The average molecular weight is 362 g/mol. The van der Waals surface area contributed by atoms with Crippen LogP contribution >= 0.6 is 0 Å². The molecule has 7 nitrogen and oxygen atoms in total. The van der Waals surface area contributed by atoms with Crippen LogP contribution in [0.15, 0.2) is 24.3 Å². The number of methoxy groups -OCH3 is 1.